The molecule has 0 aliphatic rings. The number of halogens is 1. The molecule has 0 aliphatic carbocycles. The first kappa shape index (κ1) is 15.5. The zero-order chi connectivity index (χ0) is 14.4. The monoisotopic (exact) mass is 282 g/mol. The van der Waals surface area contributed by atoms with Gasteiger partial charge in [-0.15, -0.1) is 0 Å². The Morgan fingerprint density at radius 2 is 2.11 bits per heavy atom. The van der Waals surface area contributed by atoms with Crippen LogP contribution in [0.3, 0.4) is 0 Å². The van der Waals surface area contributed by atoms with Gasteiger partial charge in [0.05, 0.1) is 0 Å². The van der Waals surface area contributed by atoms with Crippen LogP contribution in [0.4, 0.5) is 0 Å². The van der Waals surface area contributed by atoms with E-state index in [1.807, 2.05) is 12.1 Å². The Morgan fingerprint density at radius 1 is 1.42 bits per heavy atom. The minimum Gasteiger partial charge on any atom is -0.357 e. The molecular weight excluding hydrogens is 264 g/mol. The predicted octanol–water partition coefficient (Wildman–Crippen LogP) is 2.21. The van der Waals surface area contributed by atoms with Crippen molar-refractivity contribution in [1.29, 1.82) is 0 Å². The first-order valence-corrected chi connectivity index (χ1v) is 6.62. The zero-order valence-electron chi connectivity index (χ0n) is 11.4. The van der Waals surface area contributed by atoms with Gasteiger partial charge in [0.25, 0.3) is 0 Å². The van der Waals surface area contributed by atoms with Gasteiger partial charge in [0.1, 0.15) is 6.04 Å². The summed E-state index contributed by atoms with van der Waals surface area (Å²) in [5.41, 5.74) is 0.907. The van der Waals surface area contributed by atoms with E-state index in [-0.39, 0.29) is 11.8 Å². The molecule has 0 bridgehead atoms. The molecule has 0 spiro atoms. The molecule has 2 amide bonds. The van der Waals surface area contributed by atoms with E-state index in [1.54, 1.807) is 37.9 Å². The topological polar surface area (TPSA) is 49.4 Å². The number of amides is 2. The van der Waals surface area contributed by atoms with Gasteiger partial charge in [0.15, 0.2) is 0 Å². The van der Waals surface area contributed by atoms with Crippen molar-refractivity contribution in [2.24, 2.45) is 0 Å². The molecule has 104 valence electrons. The van der Waals surface area contributed by atoms with Crippen molar-refractivity contribution in [3.05, 3.63) is 34.9 Å². The van der Waals surface area contributed by atoms with Gasteiger partial charge in [0.2, 0.25) is 11.8 Å². The number of carbonyl (C=O) groups is 2. The summed E-state index contributed by atoms with van der Waals surface area (Å²) in [5.74, 6) is -0.236. The molecule has 1 N–H and O–H groups in total. The van der Waals surface area contributed by atoms with Crippen LogP contribution in [0.15, 0.2) is 24.3 Å². The summed E-state index contributed by atoms with van der Waals surface area (Å²) < 4.78 is 0. The maximum atomic E-state index is 12.0. The lowest BCUT2D eigenvalue weighted by Gasteiger charge is -2.28. The third-order valence-corrected chi connectivity index (χ3v) is 3.19. The van der Waals surface area contributed by atoms with Crippen LogP contribution in [0.1, 0.15) is 25.8 Å². The second-order valence-corrected chi connectivity index (χ2v) is 4.73. The van der Waals surface area contributed by atoms with Crippen LogP contribution in [-0.4, -0.2) is 29.8 Å². The van der Waals surface area contributed by atoms with E-state index >= 15 is 0 Å². The Labute approximate surface area is 118 Å². The quantitative estimate of drug-likeness (QED) is 0.900. The first-order valence-electron chi connectivity index (χ1n) is 6.25. The fourth-order valence-corrected chi connectivity index (χ4v) is 2.04. The molecule has 0 radical (unpaired) electrons. The number of benzene rings is 1. The fraction of sp³-hybridized carbons (Fsp3) is 0.429. The van der Waals surface area contributed by atoms with E-state index in [1.165, 1.54) is 0 Å². The van der Waals surface area contributed by atoms with Gasteiger partial charge in [-0.2, -0.15) is 0 Å². The van der Waals surface area contributed by atoms with Gasteiger partial charge < -0.3 is 10.2 Å². The van der Waals surface area contributed by atoms with Gasteiger partial charge >= 0.3 is 0 Å². The number of nitrogens with zero attached hydrogens (tertiary/aromatic N) is 1. The van der Waals surface area contributed by atoms with Crippen LogP contribution in [-0.2, 0) is 16.1 Å². The first-order chi connectivity index (χ1) is 8.99. The second kappa shape index (κ2) is 7.14. The lowest BCUT2D eigenvalue weighted by Crippen LogP contribution is -2.46. The fourth-order valence-electron chi connectivity index (χ4n) is 1.83. The summed E-state index contributed by atoms with van der Waals surface area (Å²) in [6.45, 7) is 3.88. The number of carbonyl (C=O) groups excluding carboxylic acids is 2. The van der Waals surface area contributed by atoms with Crippen LogP contribution in [0, 0.1) is 0 Å². The van der Waals surface area contributed by atoms with E-state index in [0.29, 0.717) is 18.0 Å². The number of hydrogen-bond donors (Lipinski definition) is 1. The van der Waals surface area contributed by atoms with Gasteiger partial charge in [-0.25, -0.2) is 0 Å². The third kappa shape index (κ3) is 4.24. The lowest BCUT2D eigenvalue weighted by molar-refractivity contribution is -0.140. The standard InChI is InChI=1S/C14H19ClN2O2/c1-4-13(18)17(10(2)14(19)16-3)9-11-6-5-7-12(15)8-11/h5-8,10H,4,9H2,1-3H3,(H,16,19)/t10-/m0/s1. The van der Waals surface area contributed by atoms with E-state index in [4.69, 9.17) is 11.6 Å². The molecule has 0 saturated heterocycles. The Bertz CT molecular complexity index is 463. The minimum absolute atomic E-state index is 0.0592. The Kier molecular flexibility index (Phi) is 5.83. The summed E-state index contributed by atoms with van der Waals surface area (Å²) in [5, 5.41) is 3.18. The van der Waals surface area contributed by atoms with Gasteiger partial charge in [-0.3, -0.25) is 9.59 Å². The molecule has 19 heavy (non-hydrogen) atoms. The van der Waals surface area contributed by atoms with Crippen LogP contribution in [0.25, 0.3) is 0 Å². The Hall–Kier alpha value is -1.55. The molecule has 0 unspecified atom stereocenters. The van der Waals surface area contributed by atoms with Crippen molar-refractivity contribution in [2.45, 2.75) is 32.9 Å². The molecule has 1 rings (SSSR count). The molecule has 0 aromatic heterocycles. The Morgan fingerprint density at radius 3 is 2.63 bits per heavy atom. The molecule has 0 heterocycles. The van der Waals surface area contributed by atoms with E-state index in [9.17, 15) is 9.59 Å². The largest absolute Gasteiger partial charge is 0.357 e. The number of rotatable bonds is 5. The van der Waals surface area contributed by atoms with E-state index in [0.717, 1.165) is 5.56 Å². The highest BCUT2D eigenvalue weighted by Crippen LogP contribution is 2.15. The van der Waals surface area contributed by atoms with Crippen LogP contribution < -0.4 is 5.32 Å². The smallest absolute Gasteiger partial charge is 0.242 e. The highest BCUT2D eigenvalue weighted by atomic mass is 35.5. The van der Waals surface area contributed by atoms with Crippen LogP contribution in [0.5, 0.6) is 0 Å². The average Bonchev–Trinajstić information content (AvgIpc) is 2.42. The second-order valence-electron chi connectivity index (χ2n) is 4.30. The highest BCUT2D eigenvalue weighted by molar-refractivity contribution is 6.30. The summed E-state index contributed by atoms with van der Waals surface area (Å²) in [7, 11) is 1.56. The maximum absolute atomic E-state index is 12.0. The minimum atomic E-state index is -0.503. The predicted molar refractivity (Wildman–Crippen MR) is 75.8 cm³/mol. The molecule has 1 atom stereocenters. The number of hydrogen-bond acceptors (Lipinski definition) is 2. The van der Waals surface area contributed by atoms with Crippen molar-refractivity contribution in [2.75, 3.05) is 7.05 Å². The van der Waals surface area contributed by atoms with Gasteiger partial charge in [-0.05, 0) is 24.6 Å². The SMILES string of the molecule is CCC(=O)N(Cc1cccc(Cl)c1)[C@@H](C)C(=O)NC. The summed E-state index contributed by atoms with van der Waals surface area (Å²) in [6, 6.07) is 6.79. The number of likely N-dealkylation sites (N-methyl/N-ethyl adjacent to an activating group) is 1. The van der Waals surface area contributed by atoms with E-state index < -0.39 is 6.04 Å². The number of nitrogens with one attached hydrogen (secondary N) is 1. The van der Waals surface area contributed by atoms with Crippen molar-refractivity contribution in [3.63, 3.8) is 0 Å². The lowest BCUT2D eigenvalue weighted by atomic mass is 10.1. The van der Waals surface area contributed by atoms with Crippen LogP contribution in [0.2, 0.25) is 5.02 Å². The molecule has 5 heteroatoms. The van der Waals surface area contributed by atoms with Crippen molar-refractivity contribution < 1.29 is 9.59 Å². The normalized spacial score (nSPS) is 11.8. The molecule has 4 nitrogen and oxygen atoms in total. The summed E-state index contributed by atoms with van der Waals surface area (Å²) >= 11 is 5.93. The summed E-state index contributed by atoms with van der Waals surface area (Å²) in [4.78, 5) is 25.2. The third-order valence-electron chi connectivity index (χ3n) is 2.96. The van der Waals surface area contributed by atoms with Crippen molar-refractivity contribution in [3.8, 4) is 0 Å². The maximum Gasteiger partial charge on any atom is 0.242 e. The highest BCUT2D eigenvalue weighted by Gasteiger charge is 2.24. The summed E-state index contributed by atoms with van der Waals surface area (Å²) in [6.07, 6.45) is 0.363. The van der Waals surface area contributed by atoms with Gasteiger partial charge in [0, 0.05) is 25.0 Å². The molecule has 0 saturated carbocycles. The zero-order valence-corrected chi connectivity index (χ0v) is 12.2. The Balaban J connectivity index is 2.92. The molecule has 0 fully saturated rings. The molecule has 1 aromatic rings. The molecule has 0 aliphatic heterocycles. The van der Waals surface area contributed by atoms with Crippen molar-refractivity contribution in [1.82, 2.24) is 10.2 Å². The van der Waals surface area contributed by atoms with Crippen molar-refractivity contribution >= 4 is 23.4 Å². The average molecular weight is 283 g/mol. The van der Waals surface area contributed by atoms with Gasteiger partial charge in [-0.1, -0.05) is 30.7 Å². The molecule has 1 aromatic carbocycles. The molecular formula is C14H19ClN2O2. The van der Waals surface area contributed by atoms with Crippen LogP contribution >= 0.6 is 11.6 Å². The van der Waals surface area contributed by atoms with E-state index in [2.05, 4.69) is 5.32 Å².